The van der Waals surface area contributed by atoms with E-state index in [0.29, 0.717) is 37.8 Å². The highest BCUT2D eigenvalue weighted by Gasteiger charge is 2.27. The standard InChI is InChI=1S/C22H24N4O2/c1-17-20(14-18-8-4-2-5-9-18)21(28)26-16-24(12-13-27)15-25(22(26)23-17)19-10-6-3-7-11-19/h2-11,27H,12-16H2,1H3. The molecule has 4 rings (SSSR count). The van der Waals surface area contributed by atoms with Gasteiger partial charge in [0.25, 0.3) is 5.56 Å². The van der Waals surface area contributed by atoms with Crippen molar-refractivity contribution in [3.8, 4) is 0 Å². The van der Waals surface area contributed by atoms with Gasteiger partial charge in [-0.3, -0.25) is 19.2 Å². The number of aryl methyl sites for hydroxylation is 1. The van der Waals surface area contributed by atoms with Crippen LogP contribution in [0, 0.1) is 6.92 Å². The minimum atomic E-state index is -0.0186. The molecule has 0 fully saturated rings. The van der Waals surface area contributed by atoms with Crippen LogP contribution in [0.1, 0.15) is 16.8 Å². The minimum absolute atomic E-state index is 0.0186. The van der Waals surface area contributed by atoms with Gasteiger partial charge in [-0.25, -0.2) is 4.98 Å². The van der Waals surface area contributed by atoms with Crippen molar-refractivity contribution in [2.45, 2.75) is 20.0 Å². The number of aliphatic hydroxyl groups is 1. The molecule has 0 bridgehead atoms. The zero-order valence-electron chi connectivity index (χ0n) is 16.0. The van der Waals surface area contributed by atoms with Crippen LogP contribution in [0.4, 0.5) is 11.6 Å². The van der Waals surface area contributed by atoms with E-state index < -0.39 is 0 Å². The van der Waals surface area contributed by atoms with E-state index in [4.69, 9.17) is 4.98 Å². The molecule has 1 aliphatic heterocycles. The molecule has 0 saturated carbocycles. The van der Waals surface area contributed by atoms with E-state index in [1.807, 2.05) is 77.4 Å². The minimum Gasteiger partial charge on any atom is -0.395 e. The lowest BCUT2D eigenvalue weighted by Gasteiger charge is -2.38. The maximum atomic E-state index is 13.4. The van der Waals surface area contributed by atoms with Crippen LogP contribution >= 0.6 is 0 Å². The van der Waals surface area contributed by atoms with Gasteiger partial charge in [-0.1, -0.05) is 48.5 Å². The summed E-state index contributed by atoms with van der Waals surface area (Å²) in [5.41, 5.74) is 3.52. The average Bonchev–Trinajstić information content (AvgIpc) is 2.73. The fourth-order valence-electron chi connectivity index (χ4n) is 3.62. The predicted octanol–water partition coefficient (Wildman–Crippen LogP) is 2.50. The monoisotopic (exact) mass is 376 g/mol. The van der Waals surface area contributed by atoms with Gasteiger partial charge < -0.3 is 5.11 Å². The first kappa shape index (κ1) is 18.4. The first-order valence-electron chi connectivity index (χ1n) is 9.47. The van der Waals surface area contributed by atoms with Crippen LogP contribution in [0.5, 0.6) is 0 Å². The van der Waals surface area contributed by atoms with Gasteiger partial charge in [0.05, 0.1) is 25.6 Å². The lowest BCUT2D eigenvalue weighted by molar-refractivity contribution is 0.152. The predicted molar refractivity (Wildman–Crippen MR) is 110 cm³/mol. The molecule has 28 heavy (non-hydrogen) atoms. The normalized spacial score (nSPS) is 14.1. The van der Waals surface area contributed by atoms with Gasteiger partial charge in [-0.2, -0.15) is 0 Å². The molecule has 0 radical (unpaired) electrons. The van der Waals surface area contributed by atoms with Gasteiger partial charge in [0.1, 0.15) is 0 Å². The maximum absolute atomic E-state index is 13.4. The Morgan fingerprint density at radius 3 is 2.36 bits per heavy atom. The summed E-state index contributed by atoms with van der Waals surface area (Å²) in [5.74, 6) is 0.653. The second-order valence-electron chi connectivity index (χ2n) is 7.04. The molecule has 1 aliphatic rings. The van der Waals surface area contributed by atoms with Crippen molar-refractivity contribution in [2.75, 3.05) is 24.7 Å². The van der Waals surface area contributed by atoms with Gasteiger partial charge in [-0.15, -0.1) is 0 Å². The molecule has 0 spiro atoms. The first-order valence-corrected chi connectivity index (χ1v) is 9.47. The summed E-state index contributed by atoms with van der Waals surface area (Å²) < 4.78 is 1.72. The van der Waals surface area contributed by atoms with E-state index in [1.54, 1.807) is 4.57 Å². The molecule has 1 N–H and O–H groups in total. The van der Waals surface area contributed by atoms with Crippen molar-refractivity contribution in [1.29, 1.82) is 0 Å². The topological polar surface area (TPSA) is 61.6 Å². The molecule has 6 nitrogen and oxygen atoms in total. The van der Waals surface area contributed by atoms with Crippen molar-refractivity contribution in [3.63, 3.8) is 0 Å². The van der Waals surface area contributed by atoms with E-state index in [2.05, 4.69) is 0 Å². The highest BCUT2D eigenvalue weighted by atomic mass is 16.3. The Morgan fingerprint density at radius 2 is 1.68 bits per heavy atom. The highest BCUT2D eigenvalue weighted by molar-refractivity contribution is 5.58. The van der Waals surface area contributed by atoms with Crippen LogP contribution in [-0.4, -0.2) is 39.4 Å². The molecule has 1 aromatic heterocycles. The van der Waals surface area contributed by atoms with Crippen LogP contribution in [0.15, 0.2) is 65.5 Å². The third-order valence-corrected chi connectivity index (χ3v) is 5.08. The summed E-state index contributed by atoms with van der Waals surface area (Å²) in [7, 11) is 0. The van der Waals surface area contributed by atoms with Gasteiger partial charge in [0, 0.05) is 24.2 Å². The zero-order chi connectivity index (χ0) is 19.5. The number of β-amino-alcohol motifs (C(OH)–C–C–N with tert-alkyl or cyclic N) is 1. The fraction of sp³-hybridized carbons (Fsp3) is 0.273. The number of para-hydroxylation sites is 1. The summed E-state index contributed by atoms with van der Waals surface area (Å²) in [6.07, 6.45) is 0.560. The molecule has 0 atom stereocenters. The number of fused-ring (bicyclic) bond motifs is 1. The zero-order valence-corrected chi connectivity index (χ0v) is 16.0. The number of anilines is 2. The smallest absolute Gasteiger partial charge is 0.259 e. The largest absolute Gasteiger partial charge is 0.395 e. The fourth-order valence-corrected chi connectivity index (χ4v) is 3.62. The lowest BCUT2D eigenvalue weighted by atomic mass is 10.1. The molecule has 2 heterocycles. The van der Waals surface area contributed by atoms with Crippen LogP contribution < -0.4 is 10.5 Å². The average molecular weight is 376 g/mol. The van der Waals surface area contributed by atoms with Crippen LogP contribution in [0.2, 0.25) is 0 Å². The van der Waals surface area contributed by atoms with Gasteiger partial charge in [0.15, 0.2) is 0 Å². The summed E-state index contributed by atoms with van der Waals surface area (Å²) in [5, 5.41) is 9.42. The summed E-state index contributed by atoms with van der Waals surface area (Å²) in [4.78, 5) is 22.3. The van der Waals surface area contributed by atoms with Gasteiger partial charge >= 0.3 is 0 Å². The van der Waals surface area contributed by atoms with Crippen LogP contribution in [0.25, 0.3) is 0 Å². The Bertz CT molecular complexity index is 1000. The number of hydrogen-bond donors (Lipinski definition) is 1. The highest BCUT2D eigenvalue weighted by Crippen LogP contribution is 2.27. The first-order chi connectivity index (χ1) is 13.7. The summed E-state index contributed by atoms with van der Waals surface area (Å²) >= 11 is 0. The molecule has 2 aromatic carbocycles. The Kier molecular flexibility index (Phi) is 5.23. The molecule has 0 amide bonds. The lowest BCUT2D eigenvalue weighted by Crippen LogP contribution is -2.48. The SMILES string of the molecule is Cc1nc2n(c(=O)c1Cc1ccccc1)CN(CCO)CN2c1ccccc1. The molecule has 144 valence electrons. The van der Waals surface area contributed by atoms with Crippen LogP contribution in [-0.2, 0) is 13.1 Å². The molecular weight excluding hydrogens is 352 g/mol. The molecule has 0 aliphatic carbocycles. The van der Waals surface area contributed by atoms with Crippen molar-refractivity contribution in [2.24, 2.45) is 0 Å². The third-order valence-electron chi connectivity index (χ3n) is 5.08. The number of aromatic nitrogens is 2. The number of hydrogen-bond acceptors (Lipinski definition) is 5. The van der Waals surface area contributed by atoms with E-state index in [9.17, 15) is 9.90 Å². The van der Waals surface area contributed by atoms with Gasteiger partial charge in [0.2, 0.25) is 5.95 Å². The molecule has 6 heteroatoms. The molecule has 0 unspecified atom stereocenters. The van der Waals surface area contributed by atoms with Crippen molar-refractivity contribution in [3.05, 3.63) is 87.8 Å². The van der Waals surface area contributed by atoms with E-state index in [-0.39, 0.29) is 12.2 Å². The van der Waals surface area contributed by atoms with Crippen molar-refractivity contribution >= 4 is 11.6 Å². The number of aliphatic hydroxyl groups excluding tert-OH is 1. The Balaban J connectivity index is 1.80. The molecule has 3 aromatic rings. The van der Waals surface area contributed by atoms with Crippen molar-refractivity contribution in [1.82, 2.24) is 14.5 Å². The number of nitrogens with zero attached hydrogens (tertiary/aromatic N) is 4. The van der Waals surface area contributed by atoms with Gasteiger partial charge in [-0.05, 0) is 24.6 Å². The quantitative estimate of drug-likeness (QED) is 0.741. The Labute approximate surface area is 164 Å². The summed E-state index contributed by atoms with van der Waals surface area (Å²) in [6, 6.07) is 19.9. The Morgan fingerprint density at radius 1 is 1.00 bits per heavy atom. The second kappa shape index (κ2) is 7.96. The summed E-state index contributed by atoms with van der Waals surface area (Å²) in [6.45, 7) is 3.45. The van der Waals surface area contributed by atoms with Crippen molar-refractivity contribution < 1.29 is 5.11 Å². The second-order valence-corrected chi connectivity index (χ2v) is 7.04. The number of rotatable bonds is 5. The molecular formula is C22H24N4O2. The van der Waals surface area contributed by atoms with E-state index >= 15 is 0 Å². The maximum Gasteiger partial charge on any atom is 0.259 e. The molecule has 0 saturated heterocycles. The van der Waals surface area contributed by atoms with Crippen LogP contribution in [0.3, 0.4) is 0 Å². The third kappa shape index (κ3) is 3.56. The van der Waals surface area contributed by atoms with E-state index in [0.717, 1.165) is 16.9 Å². The number of benzene rings is 2. The Hall–Kier alpha value is -2.96. The van der Waals surface area contributed by atoms with E-state index in [1.165, 1.54) is 0 Å².